The van der Waals surface area contributed by atoms with E-state index in [9.17, 15) is 14.4 Å². The molecule has 1 aromatic rings. The van der Waals surface area contributed by atoms with Crippen molar-refractivity contribution < 1.29 is 54.8 Å². The largest absolute Gasteiger partial charge is 0.480 e. The van der Waals surface area contributed by atoms with Crippen LogP contribution in [0.25, 0.3) is 0 Å². The Kier molecular flexibility index (Phi) is 7.72. The van der Waals surface area contributed by atoms with Gasteiger partial charge in [0.1, 0.15) is 6.04 Å². The van der Waals surface area contributed by atoms with Crippen LogP contribution in [0, 0.1) is 0 Å². The van der Waals surface area contributed by atoms with Gasteiger partial charge in [0, 0.05) is 15.1 Å². The summed E-state index contributed by atoms with van der Waals surface area (Å²) >= 11 is 0. The lowest BCUT2D eigenvalue weighted by Gasteiger charge is -2.10. The van der Waals surface area contributed by atoms with Crippen molar-refractivity contribution in [2.24, 2.45) is 5.73 Å². The van der Waals surface area contributed by atoms with Gasteiger partial charge in [0.05, 0.1) is 5.56 Å². The summed E-state index contributed by atoms with van der Waals surface area (Å²) in [6.45, 7) is 0. The molecular weight excluding hydrogens is 322 g/mol. The highest BCUT2D eigenvalue weighted by Gasteiger charge is 2.17. The zero-order valence-corrected chi connectivity index (χ0v) is 11.2. The average molecular weight is 333 g/mol. The van der Waals surface area contributed by atoms with Gasteiger partial charge >= 0.3 is 5.97 Å². The van der Waals surface area contributed by atoms with Gasteiger partial charge in [-0.1, -0.05) is 6.07 Å². The van der Waals surface area contributed by atoms with Gasteiger partial charge in [0.2, 0.25) is 5.78 Å². The Hall–Kier alpha value is -2.45. The fourth-order valence-electron chi connectivity index (χ4n) is 1.46. The highest BCUT2D eigenvalue weighted by Crippen LogP contribution is 2.22. The molecule has 0 bridgehead atoms. The standard InChI is InChI=1S/C11H11NO11/c12-8(11(15)16)3-6-1-2-7(9(14)5-13)10(4-6)18-20-22-23-21-19-17/h1-2,4-5,8,17H,3,12H2,(H,15,16)/t8-/m0/s1. The molecule has 1 aromatic carbocycles. The number of aliphatic carboxylic acids is 1. The van der Waals surface area contributed by atoms with Crippen LogP contribution in [-0.2, 0) is 41.2 Å². The molecule has 0 aromatic heterocycles. The maximum Gasteiger partial charge on any atom is 0.320 e. The van der Waals surface area contributed by atoms with E-state index >= 15 is 0 Å². The molecule has 0 saturated heterocycles. The van der Waals surface area contributed by atoms with Gasteiger partial charge < -0.3 is 15.7 Å². The molecule has 0 aliphatic rings. The summed E-state index contributed by atoms with van der Waals surface area (Å²) in [6.07, 6.45) is -0.0506. The van der Waals surface area contributed by atoms with Gasteiger partial charge in [-0.05, 0) is 34.2 Å². The number of carboxylic acid groups (broad SMARTS) is 1. The van der Waals surface area contributed by atoms with Crippen LogP contribution >= 0.6 is 0 Å². The first-order valence-electron chi connectivity index (χ1n) is 5.75. The maximum atomic E-state index is 11.4. The van der Waals surface area contributed by atoms with E-state index in [-0.39, 0.29) is 24.0 Å². The molecule has 4 N–H and O–H groups in total. The van der Waals surface area contributed by atoms with E-state index in [1.165, 1.54) is 18.2 Å². The van der Waals surface area contributed by atoms with E-state index in [4.69, 9.17) is 16.1 Å². The van der Waals surface area contributed by atoms with Crippen LogP contribution in [0.4, 0.5) is 0 Å². The lowest BCUT2D eigenvalue weighted by Crippen LogP contribution is -2.32. The highest BCUT2D eigenvalue weighted by atomic mass is 17.9. The number of aldehydes is 1. The molecule has 23 heavy (non-hydrogen) atoms. The minimum atomic E-state index is -1.23. The SMILES string of the molecule is N[C@@H](Cc1ccc(C(=O)C=O)c(OOOOOOO)c1)C(=O)O. The minimum Gasteiger partial charge on any atom is -0.480 e. The van der Waals surface area contributed by atoms with Crippen LogP contribution < -0.4 is 10.6 Å². The van der Waals surface area contributed by atoms with Gasteiger partial charge in [-0.3, -0.25) is 14.4 Å². The van der Waals surface area contributed by atoms with Crippen molar-refractivity contribution in [2.45, 2.75) is 12.5 Å². The Morgan fingerprint density at radius 3 is 2.52 bits per heavy atom. The molecule has 0 amide bonds. The topological polar surface area (TPSA) is 173 Å². The van der Waals surface area contributed by atoms with Crippen molar-refractivity contribution in [1.29, 1.82) is 0 Å². The van der Waals surface area contributed by atoms with Gasteiger partial charge in [-0.15, -0.1) is 0 Å². The first-order chi connectivity index (χ1) is 11.0. The van der Waals surface area contributed by atoms with Crippen molar-refractivity contribution in [3.8, 4) is 5.75 Å². The van der Waals surface area contributed by atoms with E-state index in [2.05, 4.69) is 30.1 Å². The number of hydrogen-bond donors (Lipinski definition) is 3. The Morgan fingerprint density at radius 2 is 1.91 bits per heavy atom. The number of rotatable bonds is 11. The fourth-order valence-corrected chi connectivity index (χ4v) is 1.46. The summed E-state index contributed by atoms with van der Waals surface area (Å²) < 4.78 is 0. The number of Topliss-reactive ketones (excluding diaryl/α,β-unsaturated/α-hetero) is 1. The number of ketones is 1. The number of carbonyl (C=O) groups excluding carboxylic acids is 2. The van der Waals surface area contributed by atoms with Crippen LogP contribution in [0.3, 0.4) is 0 Å². The van der Waals surface area contributed by atoms with E-state index in [0.717, 1.165) is 0 Å². The normalized spacial score (nSPS) is 11.7. The van der Waals surface area contributed by atoms with E-state index < -0.39 is 17.8 Å². The molecule has 0 saturated carbocycles. The zero-order valence-electron chi connectivity index (χ0n) is 11.2. The molecule has 1 atom stereocenters. The number of benzene rings is 1. The summed E-state index contributed by atoms with van der Waals surface area (Å²) in [4.78, 5) is 37.3. The van der Waals surface area contributed by atoms with Gasteiger partial charge in [0.25, 0.3) is 0 Å². The Labute approximate surface area is 127 Å². The van der Waals surface area contributed by atoms with Gasteiger partial charge in [0.15, 0.2) is 12.0 Å². The summed E-state index contributed by atoms with van der Waals surface area (Å²) in [5, 5.41) is 34.2. The van der Waals surface area contributed by atoms with Crippen molar-refractivity contribution in [3.63, 3.8) is 0 Å². The summed E-state index contributed by atoms with van der Waals surface area (Å²) in [6, 6.07) is 2.60. The molecule has 12 heteroatoms. The quantitative estimate of drug-likeness (QED) is 0.119. The molecule has 0 spiro atoms. The van der Waals surface area contributed by atoms with Crippen LogP contribution in [0.15, 0.2) is 18.2 Å². The molecule has 0 aliphatic carbocycles. The molecule has 0 radical (unpaired) electrons. The molecule has 1 rings (SSSR count). The van der Waals surface area contributed by atoms with Crippen molar-refractivity contribution >= 4 is 18.0 Å². The Balaban J connectivity index is 2.85. The lowest BCUT2D eigenvalue weighted by atomic mass is 10.0. The summed E-state index contributed by atoms with van der Waals surface area (Å²) in [7, 11) is 0. The van der Waals surface area contributed by atoms with Crippen molar-refractivity contribution in [2.75, 3.05) is 0 Å². The Morgan fingerprint density at radius 1 is 1.22 bits per heavy atom. The molecule has 0 heterocycles. The summed E-state index contributed by atoms with van der Waals surface area (Å²) in [5.74, 6) is -2.45. The molecule has 0 aliphatic heterocycles. The lowest BCUT2D eigenvalue weighted by molar-refractivity contribution is -0.779. The second-order valence-corrected chi connectivity index (χ2v) is 3.89. The van der Waals surface area contributed by atoms with E-state index in [0.29, 0.717) is 5.56 Å². The molecule has 126 valence electrons. The molecule has 0 fully saturated rings. The van der Waals surface area contributed by atoms with E-state index in [1.807, 2.05) is 0 Å². The molecule has 0 unspecified atom stereocenters. The predicted octanol–water partition coefficient (Wildman–Crippen LogP) is -0.468. The number of hydrogen-bond acceptors (Lipinski definition) is 11. The smallest absolute Gasteiger partial charge is 0.320 e. The minimum absolute atomic E-state index is 0.0327. The highest BCUT2D eigenvalue weighted by molar-refractivity contribution is 6.34. The summed E-state index contributed by atoms with van der Waals surface area (Å²) in [5.41, 5.74) is 5.56. The third-order valence-corrected chi connectivity index (χ3v) is 2.43. The van der Waals surface area contributed by atoms with Crippen molar-refractivity contribution in [1.82, 2.24) is 0 Å². The van der Waals surface area contributed by atoms with Crippen LogP contribution in [-0.4, -0.2) is 34.4 Å². The Bertz CT molecular complexity index is 561. The molecular formula is C11H11NO11. The molecule has 12 nitrogen and oxygen atoms in total. The van der Waals surface area contributed by atoms with Crippen LogP contribution in [0.5, 0.6) is 5.75 Å². The zero-order chi connectivity index (χ0) is 17.2. The number of nitrogens with two attached hydrogens (primary N) is 1. The van der Waals surface area contributed by atoms with Gasteiger partial charge in [-0.25, -0.2) is 5.26 Å². The third kappa shape index (κ3) is 6.05. The van der Waals surface area contributed by atoms with E-state index in [1.54, 1.807) is 0 Å². The number of carbonyl (C=O) groups is 3. The van der Waals surface area contributed by atoms with Crippen molar-refractivity contribution in [3.05, 3.63) is 29.3 Å². The average Bonchev–Trinajstić information content (AvgIpc) is 2.54. The predicted molar refractivity (Wildman–Crippen MR) is 64.8 cm³/mol. The first-order valence-corrected chi connectivity index (χ1v) is 5.75. The maximum absolute atomic E-state index is 11.4. The van der Waals surface area contributed by atoms with Gasteiger partial charge in [-0.2, -0.15) is 0 Å². The first kappa shape index (κ1) is 18.6. The monoisotopic (exact) mass is 333 g/mol. The second-order valence-electron chi connectivity index (χ2n) is 3.89. The fraction of sp³-hybridized carbons (Fsp3) is 0.182. The van der Waals surface area contributed by atoms with Crippen LogP contribution in [0.1, 0.15) is 15.9 Å². The third-order valence-electron chi connectivity index (χ3n) is 2.43. The number of carboxylic acids is 1. The second kappa shape index (κ2) is 9.54. The van der Waals surface area contributed by atoms with Crippen LogP contribution in [0.2, 0.25) is 0 Å².